The third-order valence-electron chi connectivity index (χ3n) is 1.75. The van der Waals surface area contributed by atoms with E-state index in [2.05, 4.69) is 0 Å². The smallest absolute Gasteiger partial charge is 0.338 e. The van der Waals surface area contributed by atoms with Gasteiger partial charge in [-0.05, 0) is 11.8 Å². The highest BCUT2D eigenvalue weighted by molar-refractivity contribution is 5.07. The van der Waals surface area contributed by atoms with Gasteiger partial charge in [0, 0.05) is 7.05 Å². The molecule has 1 heterocycles. The lowest BCUT2D eigenvalue weighted by Gasteiger charge is -2.08. The van der Waals surface area contributed by atoms with Gasteiger partial charge in [-0.2, -0.15) is 0 Å². The lowest BCUT2D eigenvalue weighted by atomic mass is 10.5. The molecule has 11 heavy (non-hydrogen) atoms. The molecular formula is C6H11N3O2. The molecule has 1 aliphatic heterocycles. The number of rotatable bonds is 1. The summed E-state index contributed by atoms with van der Waals surface area (Å²) in [4.78, 5) is 13.3. The van der Waals surface area contributed by atoms with Crippen molar-refractivity contribution in [1.29, 1.82) is 0 Å². The first-order valence-corrected chi connectivity index (χ1v) is 3.18. The van der Waals surface area contributed by atoms with Crippen molar-refractivity contribution < 1.29 is 6.29 Å². The molecule has 0 aromatic carbocycles. The average Bonchev–Trinajstić information content (AvgIpc) is 2.28. The minimum Gasteiger partial charge on any atom is -0.358 e. The molecule has 0 aliphatic carbocycles. The summed E-state index contributed by atoms with van der Waals surface area (Å²) in [7, 11) is 1.70. The van der Waals surface area contributed by atoms with E-state index >= 15 is 0 Å². The van der Waals surface area contributed by atoms with E-state index in [0.717, 1.165) is 0 Å². The van der Waals surface area contributed by atoms with Crippen LogP contribution in [-0.2, 0) is 0 Å². The SMILES string of the molecule is [2H]CN1CN(C)C(C)=C1[N+](=O)[O-]. The molecule has 62 valence electrons. The van der Waals surface area contributed by atoms with Gasteiger partial charge in [-0.3, -0.25) is 0 Å². The van der Waals surface area contributed by atoms with E-state index in [1.807, 2.05) is 0 Å². The first-order valence-electron chi connectivity index (χ1n) is 3.89. The van der Waals surface area contributed by atoms with Gasteiger partial charge in [0.15, 0.2) is 6.67 Å². The van der Waals surface area contributed by atoms with E-state index in [0.29, 0.717) is 12.4 Å². The maximum Gasteiger partial charge on any atom is 0.338 e. The van der Waals surface area contributed by atoms with Gasteiger partial charge < -0.3 is 15.0 Å². The third kappa shape index (κ3) is 1.13. The fourth-order valence-corrected chi connectivity index (χ4v) is 1.08. The Bertz CT molecular complexity index is 241. The van der Waals surface area contributed by atoms with Gasteiger partial charge in [-0.25, -0.2) is 4.90 Å². The second kappa shape index (κ2) is 2.41. The van der Waals surface area contributed by atoms with Gasteiger partial charge in [-0.15, -0.1) is 0 Å². The number of nitro groups is 1. The van der Waals surface area contributed by atoms with E-state index < -0.39 is 4.92 Å². The normalized spacial score (nSPS) is 19.3. The fourth-order valence-electron chi connectivity index (χ4n) is 1.08. The summed E-state index contributed by atoms with van der Waals surface area (Å²) >= 11 is 0. The van der Waals surface area contributed by atoms with Gasteiger partial charge in [0.25, 0.3) is 0 Å². The summed E-state index contributed by atoms with van der Waals surface area (Å²) in [5, 5.41) is 10.5. The van der Waals surface area contributed by atoms with E-state index in [-0.39, 0.29) is 12.8 Å². The average molecular weight is 158 g/mol. The zero-order valence-corrected chi connectivity index (χ0v) is 6.57. The van der Waals surface area contributed by atoms with E-state index in [1.165, 1.54) is 4.90 Å². The van der Waals surface area contributed by atoms with Crippen LogP contribution in [0.25, 0.3) is 0 Å². The molecule has 1 rings (SSSR count). The second-order valence-corrected chi connectivity index (χ2v) is 2.55. The Morgan fingerprint density at radius 3 is 2.73 bits per heavy atom. The predicted molar refractivity (Wildman–Crippen MR) is 40.1 cm³/mol. The van der Waals surface area contributed by atoms with Crippen molar-refractivity contribution in [2.24, 2.45) is 0 Å². The van der Waals surface area contributed by atoms with Crippen LogP contribution < -0.4 is 0 Å². The Morgan fingerprint density at radius 2 is 2.36 bits per heavy atom. The Labute approximate surface area is 66.4 Å². The maximum absolute atomic E-state index is 10.5. The number of nitrogens with zero attached hydrogens (tertiary/aromatic N) is 3. The van der Waals surface area contributed by atoms with Crippen molar-refractivity contribution in [2.45, 2.75) is 6.92 Å². The topological polar surface area (TPSA) is 49.6 Å². The van der Waals surface area contributed by atoms with Gasteiger partial charge in [0.2, 0.25) is 0 Å². The zero-order valence-electron chi connectivity index (χ0n) is 7.57. The monoisotopic (exact) mass is 158 g/mol. The number of hydrogen-bond donors (Lipinski definition) is 0. The maximum atomic E-state index is 10.5. The predicted octanol–water partition coefficient (Wildman–Crippen LogP) is 0.287. The highest BCUT2D eigenvalue weighted by Gasteiger charge is 2.30. The molecule has 0 fully saturated rings. The zero-order chi connectivity index (χ0) is 9.30. The summed E-state index contributed by atoms with van der Waals surface area (Å²) in [5.41, 5.74) is 0.618. The molecule has 0 N–H and O–H groups in total. The van der Waals surface area contributed by atoms with Gasteiger partial charge >= 0.3 is 5.82 Å². The molecule has 5 heteroatoms. The quantitative estimate of drug-likeness (QED) is 0.406. The molecule has 0 saturated heterocycles. The third-order valence-corrected chi connectivity index (χ3v) is 1.75. The van der Waals surface area contributed by atoms with Gasteiger partial charge in [-0.1, -0.05) is 0 Å². The Hall–Kier alpha value is -1.26. The molecule has 0 saturated carbocycles. The summed E-state index contributed by atoms with van der Waals surface area (Å²) in [6.07, 6.45) is 0. The molecule has 0 spiro atoms. The molecule has 0 radical (unpaired) electrons. The number of allylic oxidation sites excluding steroid dienone is 1. The van der Waals surface area contributed by atoms with Crippen molar-refractivity contribution in [2.75, 3.05) is 20.7 Å². The van der Waals surface area contributed by atoms with Crippen LogP contribution in [0.3, 0.4) is 0 Å². The fraction of sp³-hybridized carbons (Fsp3) is 0.667. The molecular weight excluding hydrogens is 146 g/mol. The standard InChI is InChI=1S/C6H11N3O2/c1-5-6(9(10)11)8(3)4-7(5)2/h4H2,1-3H3/i3D. The summed E-state index contributed by atoms with van der Waals surface area (Å²) in [5.74, 6) is 0.0486. The van der Waals surface area contributed by atoms with Crippen LogP contribution in [0.2, 0.25) is 0 Å². The summed E-state index contributed by atoms with van der Waals surface area (Å²) < 4.78 is 7.06. The molecule has 0 unspecified atom stereocenters. The molecule has 0 aromatic rings. The second-order valence-electron chi connectivity index (χ2n) is 2.55. The van der Waals surface area contributed by atoms with E-state index in [4.69, 9.17) is 1.37 Å². The number of hydrogen-bond acceptors (Lipinski definition) is 4. The summed E-state index contributed by atoms with van der Waals surface area (Å²) in [6, 6.07) is 0. The van der Waals surface area contributed by atoms with E-state index in [1.54, 1.807) is 18.9 Å². The molecule has 0 atom stereocenters. The van der Waals surface area contributed by atoms with Crippen LogP contribution in [0, 0.1) is 10.1 Å². The molecule has 0 bridgehead atoms. The van der Waals surface area contributed by atoms with Crippen molar-refractivity contribution in [3.05, 3.63) is 21.6 Å². The first kappa shape index (κ1) is 6.45. The lowest BCUT2D eigenvalue weighted by Crippen LogP contribution is -2.23. The lowest BCUT2D eigenvalue weighted by molar-refractivity contribution is -0.444. The van der Waals surface area contributed by atoms with Crippen LogP contribution in [0.15, 0.2) is 11.5 Å². The molecule has 1 aliphatic rings. The highest BCUT2D eigenvalue weighted by Crippen LogP contribution is 2.19. The first-order chi connectivity index (χ1) is 5.57. The van der Waals surface area contributed by atoms with Crippen LogP contribution in [0.5, 0.6) is 0 Å². The van der Waals surface area contributed by atoms with Crippen LogP contribution in [0.1, 0.15) is 8.29 Å². The Balaban J connectivity index is 2.95. The largest absolute Gasteiger partial charge is 0.358 e. The minimum absolute atomic E-state index is 0.0486. The summed E-state index contributed by atoms with van der Waals surface area (Å²) in [6.45, 7) is 2.12. The van der Waals surface area contributed by atoms with Gasteiger partial charge in [0.1, 0.15) is 5.70 Å². The van der Waals surface area contributed by atoms with Gasteiger partial charge in [0.05, 0.1) is 8.39 Å². The van der Waals surface area contributed by atoms with Crippen LogP contribution in [0.4, 0.5) is 0 Å². The van der Waals surface area contributed by atoms with Crippen molar-refractivity contribution in [3.63, 3.8) is 0 Å². The van der Waals surface area contributed by atoms with Crippen molar-refractivity contribution in [3.8, 4) is 0 Å². The molecule has 0 amide bonds. The van der Waals surface area contributed by atoms with Crippen LogP contribution >= 0.6 is 0 Å². The minimum atomic E-state index is -0.437. The molecule has 5 nitrogen and oxygen atoms in total. The van der Waals surface area contributed by atoms with Crippen LogP contribution in [-0.4, -0.2) is 35.5 Å². The van der Waals surface area contributed by atoms with E-state index in [9.17, 15) is 10.1 Å². The van der Waals surface area contributed by atoms with Crippen molar-refractivity contribution in [1.82, 2.24) is 9.80 Å². The van der Waals surface area contributed by atoms with Crippen molar-refractivity contribution >= 4 is 0 Å². The Morgan fingerprint density at radius 1 is 1.73 bits per heavy atom. The molecule has 0 aromatic heterocycles. The Kier molecular flexibility index (Phi) is 1.41. The highest BCUT2D eigenvalue weighted by atomic mass is 16.6.